The van der Waals surface area contributed by atoms with E-state index in [-0.39, 0.29) is 22.6 Å². The summed E-state index contributed by atoms with van der Waals surface area (Å²) >= 11 is 0. The zero-order valence-electron chi connectivity index (χ0n) is 11.4. The summed E-state index contributed by atoms with van der Waals surface area (Å²) in [6.07, 6.45) is 0.275. The molecule has 0 radical (unpaired) electrons. The average Bonchev–Trinajstić information content (AvgIpc) is 2.37. The van der Waals surface area contributed by atoms with E-state index in [9.17, 15) is 18.5 Å². The Morgan fingerprint density at radius 3 is 2.55 bits per heavy atom. The molecule has 1 aromatic carbocycles. The zero-order valence-corrected chi connectivity index (χ0v) is 12.2. The van der Waals surface area contributed by atoms with Gasteiger partial charge in [-0.25, -0.2) is 8.42 Å². The highest BCUT2D eigenvalue weighted by atomic mass is 32.2. The molecule has 7 nitrogen and oxygen atoms in total. The summed E-state index contributed by atoms with van der Waals surface area (Å²) in [5.41, 5.74) is -1.49. The Bertz CT molecular complexity index is 678. The molecule has 0 saturated carbocycles. The summed E-state index contributed by atoms with van der Waals surface area (Å²) in [6.45, 7) is 4.49. The van der Waals surface area contributed by atoms with E-state index in [1.165, 1.54) is 32.0 Å². The van der Waals surface area contributed by atoms with Gasteiger partial charge in [0.2, 0.25) is 10.0 Å². The number of rotatable bonds is 5. The SMILES string of the molecule is CCC(C)(C#N)NS(=O)(=O)c1cccc([N+](=O)[O-])c1C. The third-order valence-electron chi connectivity index (χ3n) is 3.06. The molecule has 0 fully saturated rings. The highest BCUT2D eigenvalue weighted by molar-refractivity contribution is 7.89. The van der Waals surface area contributed by atoms with Crippen LogP contribution in [0.3, 0.4) is 0 Å². The van der Waals surface area contributed by atoms with E-state index in [2.05, 4.69) is 4.72 Å². The van der Waals surface area contributed by atoms with Crippen LogP contribution in [0.1, 0.15) is 25.8 Å². The van der Waals surface area contributed by atoms with Crippen LogP contribution in [-0.4, -0.2) is 18.9 Å². The summed E-state index contributed by atoms with van der Waals surface area (Å²) in [5, 5.41) is 19.9. The van der Waals surface area contributed by atoms with Crippen molar-refractivity contribution in [3.8, 4) is 6.07 Å². The number of hydrogen-bond donors (Lipinski definition) is 1. The van der Waals surface area contributed by atoms with Gasteiger partial charge in [0.05, 0.1) is 15.9 Å². The number of nitrogens with one attached hydrogen (secondary N) is 1. The van der Waals surface area contributed by atoms with Gasteiger partial charge in [0, 0.05) is 11.6 Å². The molecule has 0 bridgehead atoms. The van der Waals surface area contributed by atoms with Crippen LogP contribution in [0, 0.1) is 28.4 Å². The highest BCUT2D eigenvalue weighted by Gasteiger charge is 2.31. The molecular formula is C12H15N3O4S. The molecule has 0 heterocycles. The van der Waals surface area contributed by atoms with E-state index in [1.807, 2.05) is 6.07 Å². The number of benzene rings is 1. The topological polar surface area (TPSA) is 113 Å². The molecule has 108 valence electrons. The molecule has 0 saturated heterocycles. The highest BCUT2D eigenvalue weighted by Crippen LogP contribution is 2.25. The van der Waals surface area contributed by atoms with Crippen molar-refractivity contribution >= 4 is 15.7 Å². The number of nitro groups is 1. The minimum atomic E-state index is -4.01. The zero-order chi connectivity index (χ0) is 15.6. The first-order chi connectivity index (χ1) is 9.17. The molecule has 1 N–H and O–H groups in total. The fraction of sp³-hybridized carbons (Fsp3) is 0.417. The summed E-state index contributed by atoms with van der Waals surface area (Å²) in [6, 6.07) is 5.70. The molecular weight excluding hydrogens is 282 g/mol. The standard InChI is InChI=1S/C12H15N3O4S/c1-4-12(3,8-13)14-20(18,19)11-7-5-6-10(9(11)2)15(16)17/h5-7,14H,4H2,1-3H3. The smallest absolute Gasteiger partial charge is 0.258 e. The van der Waals surface area contributed by atoms with Crippen molar-refractivity contribution < 1.29 is 13.3 Å². The van der Waals surface area contributed by atoms with Crippen molar-refractivity contribution in [1.29, 1.82) is 5.26 Å². The number of hydrogen-bond acceptors (Lipinski definition) is 5. The monoisotopic (exact) mass is 297 g/mol. The van der Waals surface area contributed by atoms with Crippen LogP contribution in [0.25, 0.3) is 0 Å². The fourth-order valence-corrected chi connectivity index (χ4v) is 3.28. The quantitative estimate of drug-likeness (QED) is 0.658. The Hall–Kier alpha value is -1.98. The first-order valence-corrected chi connectivity index (χ1v) is 7.34. The summed E-state index contributed by atoms with van der Waals surface area (Å²) in [7, 11) is -4.01. The lowest BCUT2D eigenvalue weighted by molar-refractivity contribution is -0.385. The van der Waals surface area contributed by atoms with Crippen LogP contribution in [0.5, 0.6) is 0 Å². The molecule has 0 aliphatic heterocycles. The minimum Gasteiger partial charge on any atom is -0.258 e. The Balaban J connectivity index is 3.35. The maximum Gasteiger partial charge on any atom is 0.273 e. The lowest BCUT2D eigenvalue weighted by Crippen LogP contribution is -2.44. The van der Waals surface area contributed by atoms with E-state index < -0.39 is 20.5 Å². The Morgan fingerprint density at radius 1 is 1.50 bits per heavy atom. The number of nitro benzene ring substituents is 1. The van der Waals surface area contributed by atoms with Gasteiger partial charge < -0.3 is 0 Å². The second-order valence-corrected chi connectivity index (χ2v) is 6.21. The molecule has 20 heavy (non-hydrogen) atoms. The third-order valence-corrected chi connectivity index (χ3v) is 4.80. The van der Waals surface area contributed by atoms with Gasteiger partial charge in [-0.05, 0) is 26.3 Å². The molecule has 0 amide bonds. The van der Waals surface area contributed by atoms with Crippen molar-refractivity contribution in [3.05, 3.63) is 33.9 Å². The number of sulfonamides is 1. The predicted octanol–water partition coefficient (Wildman–Crippen LogP) is 1.87. The molecule has 1 aromatic rings. The van der Waals surface area contributed by atoms with Crippen LogP contribution in [0.15, 0.2) is 23.1 Å². The van der Waals surface area contributed by atoms with E-state index in [0.29, 0.717) is 0 Å². The van der Waals surface area contributed by atoms with E-state index in [4.69, 9.17) is 5.26 Å². The van der Waals surface area contributed by atoms with Gasteiger partial charge in [-0.1, -0.05) is 13.0 Å². The Morgan fingerprint density at radius 2 is 2.10 bits per heavy atom. The molecule has 1 rings (SSSR count). The first kappa shape index (κ1) is 16.1. The van der Waals surface area contributed by atoms with Gasteiger partial charge in [0.1, 0.15) is 5.54 Å². The van der Waals surface area contributed by atoms with Crippen LogP contribution in [-0.2, 0) is 10.0 Å². The van der Waals surface area contributed by atoms with Gasteiger partial charge in [0.15, 0.2) is 0 Å². The normalized spacial score (nSPS) is 14.3. The number of nitrogens with zero attached hydrogens (tertiary/aromatic N) is 2. The first-order valence-electron chi connectivity index (χ1n) is 5.86. The van der Waals surface area contributed by atoms with Crippen molar-refractivity contribution in [2.45, 2.75) is 37.6 Å². The van der Waals surface area contributed by atoms with E-state index >= 15 is 0 Å². The maximum absolute atomic E-state index is 12.3. The molecule has 0 aliphatic rings. The largest absolute Gasteiger partial charge is 0.273 e. The van der Waals surface area contributed by atoms with Crippen LogP contribution in [0.4, 0.5) is 5.69 Å². The molecule has 1 atom stereocenters. The molecule has 8 heteroatoms. The molecule has 0 spiro atoms. The van der Waals surface area contributed by atoms with Crippen molar-refractivity contribution in [3.63, 3.8) is 0 Å². The van der Waals surface area contributed by atoms with Gasteiger partial charge in [-0.2, -0.15) is 9.98 Å². The lowest BCUT2D eigenvalue weighted by Gasteiger charge is -2.21. The summed E-state index contributed by atoms with van der Waals surface area (Å²) < 4.78 is 26.8. The number of nitriles is 1. The van der Waals surface area contributed by atoms with Gasteiger partial charge in [-0.15, -0.1) is 0 Å². The average molecular weight is 297 g/mol. The van der Waals surface area contributed by atoms with Crippen LogP contribution >= 0.6 is 0 Å². The van der Waals surface area contributed by atoms with Gasteiger partial charge in [-0.3, -0.25) is 10.1 Å². The third kappa shape index (κ3) is 3.12. The second kappa shape index (κ2) is 5.56. The second-order valence-electron chi connectivity index (χ2n) is 4.56. The summed E-state index contributed by atoms with van der Waals surface area (Å²) in [5.74, 6) is 0. The summed E-state index contributed by atoms with van der Waals surface area (Å²) in [4.78, 5) is 10.0. The fourth-order valence-electron chi connectivity index (χ4n) is 1.62. The Labute approximate surface area is 117 Å². The predicted molar refractivity (Wildman–Crippen MR) is 72.5 cm³/mol. The van der Waals surface area contributed by atoms with Crippen LogP contribution in [0.2, 0.25) is 0 Å². The van der Waals surface area contributed by atoms with Gasteiger partial charge >= 0.3 is 0 Å². The minimum absolute atomic E-state index is 0.0430. The van der Waals surface area contributed by atoms with Crippen molar-refractivity contribution in [2.24, 2.45) is 0 Å². The molecule has 0 aliphatic carbocycles. The molecule has 1 unspecified atom stereocenters. The lowest BCUT2D eigenvalue weighted by atomic mass is 10.0. The Kier molecular flexibility index (Phi) is 4.47. The molecule has 0 aromatic heterocycles. The van der Waals surface area contributed by atoms with Crippen molar-refractivity contribution in [2.75, 3.05) is 0 Å². The van der Waals surface area contributed by atoms with E-state index in [1.54, 1.807) is 6.92 Å². The van der Waals surface area contributed by atoms with Gasteiger partial charge in [0.25, 0.3) is 5.69 Å². The van der Waals surface area contributed by atoms with Crippen molar-refractivity contribution in [1.82, 2.24) is 4.72 Å². The maximum atomic E-state index is 12.3. The van der Waals surface area contributed by atoms with Crippen LogP contribution < -0.4 is 4.72 Å². The van der Waals surface area contributed by atoms with E-state index in [0.717, 1.165) is 0 Å².